The lowest BCUT2D eigenvalue weighted by molar-refractivity contribution is 0.171. The van der Waals surface area contributed by atoms with E-state index < -0.39 is 0 Å². The van der Waals surface area contributed by atoms with E-state index in [4.69, 9.17) is 0 Å². The van der Waals surface area contributed by atoms with Crippen molar-refractivity contribution in [3.63, 3.8) is 0 Å². The van der Waals surface area contributed by atoms with Crippen molar-refractivity contribution >= 4 is 0 Å². The second kappa shape index (κ2) is 8.95. The number of likely N-dealkylation sites (N-methyl/N-ethyl adjacent to an activating group) is 2. The van der Waals surface area contributed by atoms with E-state index in [1.165, 1.54) is 16.7 Å². The molecule has 0 unspecified atom stereocenters. The molecule has 24 heavy (non-hydrogen) atoms. The van der Waals surface area contributed by atoms with Crippen molar-refractivity contribution in [1.29, 1.82) is 0 Å². The third-order valence-corrected chi connectivity index (χ3v) is 5.34. The summed E-state index contributed by atoms with van der Waals surface area (Å²) in [6, 6.07) is 6.77. The molecule has 0 radical (unpaired) electrons. The lowest BCUT2D eigenvalue weighted by Gasteiger charge is -2.25. The molecule has 1 aromatic rings. The van der Waals surface area contributed by atoms with Gasteiger partial charge in [0.25, 0.3) is 0 Å². The minimum absolute atomic E-state index is 0.301. The number of likely N-dealkylation sites (tertiary alicyclic amines) is 1. The van der Waals surface area contributed by atoms with Crippen LogP contribution in [0.25, 0.3) is 0 Å². The van der Waals surface area contributed by atoms with Gasteiger partial charge in [0.05, 0.1) is 0 Å². The van der Waals surface area contributed by atoms with Gasteiger partial charge in [-0.25, -0.2) is 0 Å². The molecule has 2 rings (SSSR count). The van der Waals surface area contributed by atoms with Gasteiger partial charge in [0.15, 0.2) is 0 Å². The normalized spacial score (nSPS) is 22.0. The highest BCUT2D eigenvalue weighted by atomic mass is 16.3. The third-order valence-electron chi connectivity index (χ3n) is 5.34. The van der Waals surface area contributed by atoms with E-state index in [0.717, 1.165) is 39.3 Å². The van der Waals surface area contributed by atoms with Crippen LogP contribution in [-0.2, 0) is 6.54 Å². The maximum absolute atomic E-state index is 9.78. The molecule has 1 aliphatic rings. The molecule has 0 saturated carbocycles. The lowest BCUT2D eigenvalue weighted by atomic mass is 9.96. The van der Waals surface area contributed by atoms with Gasteiger partial charge in [-0.15, -0.1) is 0 Å². The number of hydrogen-bond donors (Lipinski definition) is 1. The zero-order valence-corrected chi connectivity index (χ0v) is 16.1. The van der Waals surface area contributed by atoms with Crippen molar-refractivity contribution in [3.05, 3.63) is 34.9 Å². The van der Waals surface area contributed by atoms with Crippen LogP contribution in [0.4, 0.5) is 0 Å². The van der Waals surface area contributed by atoms with Gasteiger partial charge in [0, 0.05) is 45.9 Å². The Bertz CT molecular complexity index is 518. The van der Waals surface area contributed by atoms with Gasteiger partial charge in [-0.3, -0.25) is 4.90 Å². The van der Waals surface area contributed by atoms with E-state index in [1.807, 2.05) is 0 Å². The molecule has 136 valence electrons. The van der Waals surface area contributed by atoms with Crippen LogP contribution in [0.3, 0.4) is 0 Å². The summed E-state index contributed by atoms with van der Waals surface area (Å²) in [5.74, 6) is 0.965. The molecule has 1 N–H and O–H groups in total. The smallest absolute Gasteiger partial charge is 0.0475 e. The van der Waals surface area contributed by atoms with Crippen LogP contribution < -0.4 is 0 Å². The number of nitrogens with zero attached hydrogens (tertiary/aromatic N) is 3. The first-order valence-corrected chi connectivity index (χ1v) is 9.11. The van der Waals surface area contributed by atoms with E-state index >= 15 is 0 Å². The summed E-state index contributed by atoms with van der Waals surface area (Å²) in [6.07, 6.45) is 0. The molecule has 1 saturated heterocycles. The average Bonchev–Trinajstić information content (AvgIpc) is 2.90. The molecule has 4 nitrogen and oxygen atoms in total. The first-order chi connectivity index (χ1) is 11.4. The summed E-state index contributed by atoms with van der Waals surface area (Å²) in [7, 11) is 6.43. The molecule has 0 spiro atoms. The Hall–Kier alpha value is -0.940. The Morgan fingerprint density at radius 1 is 1.04 bits per heavy atom. The van der Waals surface area contributed by atoms with Crippen molar-refractivity contribution in [1.82, 2.24) is 14.7 Å². The van der Waals surface area contributed by atoms with Crippen molar-refractivity contribution in [2.45, 2.75) is 20.4 Å². The average molecular weight is 334 g/mol. The van der Waals surface area contributed by atoms with Crippen molar-refractivity contribution in [2.24, 2.45) is 11.8 Å². The highest BCUT2D eigenvalue weighted by Crippen LogP contribution is 2.25. The second-order valence-electron chi connectivity index (χ2n) is 7.88. The van der Waals surface area contributed by atoms with Crippen LogP contribution >= 0.6 is 0 Å². The minimum Gasteiger partial charge on any atom is -0.396 e. The highest BCUT2D eigenvalue weighted by molar-refractivity contribution is 5.29. The summed E-state index contributed by atoms with van der Waals surface area (Å²) in [5, 5.41) is 9.78. The molecule has 1 aromatic carbocycles. The maximum Gasteiger partial charge on any atom is 0.0475 e. The highest BCUT2D eigenvalue weighted by Gasteiger charge is 2.32. The minimum atomic E-state index is 0.301. The number of aliphatic hydroxyl groups excluding tert-OH is 1. The maximum atomic E-state index is 9.78. The van der Waals surface area contributed by atoms with Gasteiger partial charge < -0.3 is 14.9 Å². The van der Waals surface area contributed by atoms with Gasteiger partial charge in [-0.05, 0) is 63.5 Å². The SMILES string of the molecule is Cc1ccc(CN2C[C@@H](CN(C)CCN(C)C)[C@@H](CO)C2)cc1C. The number of rotatable bonds is 8. The molecule has 1 fully saturated rings. The first-order valence-electron chi connectivity index (χ1n) is 9.11. The standard InChI is InChI=1S/C20H35N3O/c1-16-6-7-18(10-17(16)2)11-23-13-19(20(14-23)15-24)12-22(5)9-8-21(3)4/h6-7,10,19-20,24H,8-9,11-15H2,1-5H3/t19-,20-/m1/s1. The fourth-order valence-electron chi connectivity index (χ4n) is 3.60. The van der Waals surface area contributed by atoms with Gasteiger partial charge in [-0.2, -0.15) is 0 Å². The van der Waals surface area contributed by atoms with Crippen LogP contribution in [0.5, 0.6) is 0 Å². The zero-order chi connectivity index (χ0) is 17.7. The predicted octanol–water partition coefficient (Wildman–Crippen LogP) is 1.84. The molecule has 2 atom stereocenters. The fraction of sp³-hybridized carbons (Fsp3) is 0.700. The summed E-state index contributed by atoms with van der Waals surface area (Å²) in [4.78, 5) is 7.14. The summed E-state index contributed by atoms with van der Waals surface area (Å²) >= 11 is 0. The quantitative estimate of drug-likeness (QED) is 0.786. The fourth-order valence-corrected chi connectivity index (χ4v) is 3.60. The van der Waals surface area contributed by atoms with Crippen molar-refractivity contribution < 1.29 is 5.11 Å². The lowest BCUT2D eigenvalue weighted by Crippen LogP contribution is -2.35. The van der Waals surface area contributed by atoms with Gasteiger partial charge >= 0.3 is 0 Å². The molecule has 0 amide bonds. The Balaban J connectivity index is 1.89. The number of aliphatic hydroxyl groups is 1. The monoisotopic (exact) mass is 333 g/mol. The third kappa shape index (κ3) is 5.55. The topological polar surface area (TPSA) is 30.0 Å². The van der Waals surface area contributed by atoms with Gasteiger partial charge in [0.2, 0.25) is 0 Å². The number of benzene rings is 1. The van der Waals surface area contributed by atoms with E-state index in [0.29, 0.717) is 18.4 Å². The van der Waals surface area contributed by atoms with E-state index in [9.17, 15) is 5.11 Å². The summed E-state index contributed by atoms with van der Waals surface area (Å²) in [5.41, 5.74) is 4.11. The molecule has 4 heteroatoms. The molecule has 1 aliphatic heterocycles. The Labute approximate surface area is 148 Å². The van der Waals surface area contributed by atoms with E-state index in [-0.39, 0.29) is 0 Å². The van der Waals surface area contributed by atoms with Crippen LogP contribution in [0.1, 0.15) is 16.7 Å². The Morgan fingerprint density at radius 3 is 2.38 bits per heavy atom. The van der Waals surface area contributed by atoms with Crippen LogP contribution in [-0.4, -0.2) is 80.3 Å². The zero-order valence-electron chi connectivity index (χ0n) is 16.1. The van der Waals surface area contributed by atoms with Crippen molar-refractivity contribution in [2.75, 3.05) is 60.5 Å². The van der Waals surface area contributed by atoms with Crippen molar-refractivity contribution in [3.8, 4) is 0 Å². The summed E-state index contributed by atoms with van der Waals surface area (Å²) < 4.78 is 0. The van der Waals surface area contributed by atoms with E-state index in [2.05, 4.69) is 67.9 Å². The second-order valence-corrected chi connectivity index (χ2v) is 7.88. The van der Waals surface area contributed by atoms with Gasteiger partial charge in [-0.1, -0.05) is 18.2 Å². The molecule has 0 aliphatic carbocycles. The Morgan fingerprint density at radius 2 is 1.75 bits per heavy atom. The number of hydrogen-bond acceptors (Lipinski definition) is 4. The van der Waals surface area contributed by atoms with Crippen LogP contribution in [0.15, 0.2) is 18.2 Å². The van der Waals surface area contributed by atoms with Crippen LogP contribution in [0.2, 0.25) is 0 Å². The first kappa shape index (κ1) is 19.4. The predicted molar refractivity (Wildman–Crippen MR) is 101 cm³/mol. The largest absolute Gasteiger partial charge is 0.396 e. The molecule has 0 aromatic heterocycles. The summed E-state index contributed by atoms with van der Waals surface area (Å²) in [6.45, 7) is 11.0. The van der Waals surface area contributed by atoms with Crippen LogP contribution in [0, 0.1) is 25.7 Å². The number of aryl methyl sites for hydroxylation is 2. The molecule has 0 bridgehead atoms. The Kier molecular flexibility index (Phi) is 7.23. The molecular formula is C20H35N3O. The van der Waals surface area contributed by atoms with Gasteiger partial charge in [0.1, 0.15) is 0 Å². The molecular weight excluding hydrogens is 298 g/mol. The van der Waals surface area contributed by atoms with E-state index in [1.54, 1.807) is 0 Å². The molecule has 1 heterocycles.